The number of carbonyl (C=O) groups is 1. The number of alkyl halides is 1. The summed E-state index contributed by atoms with van der Waals surface area (Å²) in [7, 11) is 0. The number of thiol groups is 1. The summed E-state index contributed by atoms with van der Waals surface area (Å²) in [5.74, 6) is 0.329. The number of nitrogens with zero attached hydrogens (tertiary/aromatic N) is 2. The summed E-state index contributed by atoms with van der Waals surface area (Å²) in [6.45, 7) is 0.389. The van der Waals surface area contributed by atoms with Crippen LogP contribution in [0.25, 0.3) is 11.3 Å². The average Bonchev–Trinajstić information content (AvgIpc) is 2.45. The van der Waals surface area contributed by atoms with Gasteiger partial charge in [0.15, 0.2) is 0 Å². The van der Waals surface area contributed by atoms with Gasteiger partial charge in [-0.1, -0.05) is 24.8 Å². The topological polar surface area (TPSA) is 66.1 Å². The van der Waals surface area contributed by atoms with E-state index >= 15 is 0 Å². The van der Waals surface area contributed by atoms with Gasteiger partial charge in [-0.3, -0.25) is 9.59 Å². The van der Waals surface area contributed by atoms with Crippen molar-refractivity contribution in [3.63, 3.8) is 0 Å². The highest BCUT2D eigenvalue weighted by Crippen LogP contribution is 2.22. The standard InChI is InChI=1S/C13H12ClN3O2S/c14-7-8-17(13(19)20)10-3-1-9(2-4-10)11-5-6-12(18)16-15-11/h1-6H,7-8H2,(H,16,18)(H,19,20). The van der Waals surface area contributed by atoms with Gasteiger partial charge in [0.05, 0.1) is 5.69 Å². The number of anilines is 1. The van der Waals surface area contributed by atoms with Crippen LogP contribution >= 0.6 is 24.2 Å². The molecule has 0 saturated heterocycles. The van der Waals surface area contributed by atoms with E-state index in [0.29, 0.717) is 23.8 Å². The lowest BCUT2D eigenvalue weighted by Gasteiger charge is -2.19. The summed E-state index contributed by atoms with van der Waals surface area (Å²) in [5, 5.41) is 5.95. The lowest BCUT2D eigenvalue weighted by molar-refractivity contribution is 0.265. The molecule has 5 nitrogen and oxygen atoms in total. The van der Waals surface area contributed by atoms with Gasteiger partial charge < -0.3 is 4.90 Å². The second-order valence-electron chi connectivity index (χ2n) is 3.98. The summed E-state index contributed by atoms with van der Waals surface area (Å²) in [6.07, 6.45) is 0. The zero-order valence-electron chi connectivity index (χ0n) is 10.4. The molecule has 20 heavy (non-hydrogen) atoms. The molecule has 1 N–H and O–H groups in total. The molecule has 0 aliphatic heterocycles. The van der Waals surface area contributed by atoms with Crippen LogP contribution in [0.3, 0.4) is 0 Å². The van der Waals surface area contributed by atoms with Gasteiger partial charge in [-0.25, -0.2) is 5.10 Å². The Morgan fingerprint density at radius 3 is 2.45 bits per heavy atom. The van der Waals surface area contributed by atoms with E-state index in [1.54, 1.807) is 18.2 Å². The summed E-state index contributed by atoms with van der Waals surface area (Å²) in [4.78, 5) is 23.8. The van der Waals surface area contributed by atoms with E-state index in [-0.39, 0.29) is 10.8 Å². The number of rotatable bonds is 4. The number of amides is 1. The van der Waals surface area contributed by atoms with Gasteiger partial charge in [0.1, 0.15) is 0 Å². The molecule has 104 valence electrons. The molecule has 0 aliphatic rings. The van der Waals surface area contributed by atoms with E-state index in [1.807, 2.05) is 12.1 Å². The van der Waals surface area contributed by atoms with Crippen molar-refractivity contribution in [3.8, 4) is 11.3 Å². The highest BCUT2D eigenvalue weighted by molar-refractivity contribution is 7.96. The van der Waals surface area contributed by atoms with Crippen molar-refractivity contribution in [1.82, 2.24) is 10.2 Å². The summed E-state index contributed by atoms with van der Waals surface area (Å²) >= 11 is 9.48. The molecule has 1 heterocycles. The second-order valence-corrected chi connectivity index (χ2v) is 4.74. The minimum Gasteiger partial charge on any atom is -0.302 e. The molecule has 0 fully saturated rings. The van der Waals surface area contributed by atoms with Crippen LogP contribution in [0.4, 0.5) is 10.5 Å². The van der Waals surface area contributed by atoms with E-state index in [2.05, 4.69) is 22.8 Å². The average molecular weight is 310 g/mol. The minimum absolute atomic E-state index is 0.251. The number of hydrogen-bond acceptors (Lipinski definition) is 3. The molecule has 0 atom stereocenters. The fraction of sp³-hybridized carbons (Fsp3) is 0.154. The van der Waals surface area contributed by atoms with Crippen LogP contribution in [0, 0.1) is 0 Å². The van der Waals surface area contributed by atoms with Crippen LogP contribution in [0.5, 0.6) is 0 Å². The zero-order chi connectivity index (χ0) is 14.5. The van der Waals surface area contributed by atoms with Crippen molar-refractivity contribution in [3.05, 3.63) is 46.8 Å². The molecule has 0 aliphatic carbocycles. The van der Waals surface area contributed by atoms with E-state index < -0.39 is 0 Å². The second kappa shape index (κ2) is 6.58. The number of carbonyl (C=O) groups excluding carboxylic acids is 1. The molecule has 1 aromatic heterocycles. The maximum Gasteiger partial charge on any atom is 0.283 e. The van der Waals surface area contributed by atoms with Gasteiger partial charge in [0.2, 0.25) is 0 Å². The molecular weight excluding hydrogens is 298 g/mol. The zero-order valence-corrected chi connectivity index (χ0v) is 12.1. The fourth-order valence-electron chi connectivity index (χ4n) is 1.74. The van der Waals surface area contributed by atoms with Gasteiger partial charge in [0, 0.05) is 29.7 Å². The minimum atomic E-state index is -0.361. The van der Waals surface area contributed by atoms with E-state index in [1.165, 1.54) is 11.0 Å². The Hall–Kier alpha value is -1.79. The van der Waals surface area contributed by atoms with Crippen LogP contribution in [0.2, 0.25) is 0 Å². The van der Waals surface area contributed by atoms with Crippen molar-refractivity contribution >= 4 is 35.2 Å². The van der Waals surface area contributed by atoms with Gasteiger partial charge in [-0.05, 0) is 18.2 Å². The summed E-state index contributed by atoms with van der Waals surface area (Å²) in [5.41, 5.74) is 1.94. The van der Waals surface area contributed by atoms with E-state index in [4.69, 9.17) is 11.6 Å². The first-order chi connectivity index (χ1) is 9.61. The smallest absolute Gasteiger partial charge is 0.283 e. The molecule has 0 radical (unpaired) electrons. The number of H-pyrrole nitrogens is 1. The van der Waals surface area contributed by atoms with Crippen LogP contribution < -0.4 is 10.5 Å². The lowest BCUT2D eigenvalue weighted by atomic mass is 10.1. The molecule has 0 saturated carbocycles. The number of benzene rings is 1. The Balaban J connectivity index is 2.27. The van der Waals surface area contributed by atoms with Crippen LogP contribution in [-0.2, 0) is 0 Å². The third-order valence-corrected chi connectivity index (χ3v) is 3.10. The van der Waals surface area contributed by atoms with Gasteiger partial charge in [0.25, 0.3) is 10.8 Å². The van der Waals surface area contributed by atoms with Crippen molar-refractivity contribution in [1.29, 1.82) is 0 Å². The van der Waals surface area contributed by atoms with Crippen molar-refractivity contribution in [2.45, 2.75) is 0 Å². The molecule has 1 aromatic carbocycles. The van der Waals surface area contributed by atoms with Crippen molar-refractivity contribution in [2.24, 2.45) is 0 Å². The molecule has 0 unspecified atom stereocenters. The number of aromatic amines is 1. The number of nitrogens with one attached hydrogen (secondary N) is 1. The van der Waals surface area contributed by atoms with Gasteiger partial charge >= 0.3 is 0 Å². The summed E-state index contributed by atoms with van der Waals surface area (Å²) in [6, 6.07) is 10.2. The largest absolute Gasteiger partial charge is 0.302 e. The molecule has 1 amide bonds. The normalized spacial score (nSPS) is 10.3. The third kappa shape index (κ3) is 3.40. The highest BCUT2D eigenvalue weighted by Gasteiger charge is 2.11. The molecular formula is C13H12ClN3O2S. The van der Waals surface area contributed by atoms with Gasteiger partial charge in [-0.2, -0.15) is 5.10 Å². The van der Waals surface area contributed by atoms with E-state index in [9.17, 15) is 9.59 Å². The SMILES string of the molecule is O=C(S)N(CCCl)c1ccc(-c2ccc(=O)[nH]n2)cc1. The monoisotopic (exact) mass is 309 g/mol. The summed E-state index contributed by atoms with van der Waals surface area (Å²) < 4.78 is 0. The molecule has 0 bridgehead atoms. The Morgan fingerprint density at radius 1 is 1.25 bits per heavy atom. The lowest BCUT2D eigenvalue weighted by Crippen LogP contribution is -2.27. The Labute approximate surface area is 126 Å². The maximum absolute atomic E-state index is 11.4. The maximum atomic E-state index is 11.4. The molecule has 2 aromatic rings. The number of hydrogen-bond donors (Lipinski definition) is 2. The molecule has 7 heteroatoms. The van der Waals surface area contributed by atoms with Crippen LogP contribution in [0.15, 0.2) is 41.2 Å². The van der Waals surface area contributed by atoms with E-state index in [0.717, 1.165) is 5.56 Å². The number of halogens is 1. The van der Waals surface area contributed by atoms with Crippen LogP contribution in [-0.4, -0.2) is 27.9 Å². The third-order valence-electron chi connectivity index (χ3n) is 2.69. The van der Waals surface area contributed by atoms with Crippen LogP contribution in [0.1, 0.15) is 0 Å². The predicted octanol–water partition coefficient (Wildman–Crippen LogP) is 2.53. The first-order valence-electron chi connectivity index (χ1n) is 5.84. The number of aromatic nitrogens is 2. The van der Waals surface area contributed by atoms with Crippen molar-refractivity contribution < 1.29 is 4.79 Å². The molecule has 2 rings (SSSR count). The quantitative estimate of drug-likeness (QED) is 0.674. The highest BCUT2D eigenvalue weighted by atomic mass is 35.5. The first kappa shape index (κ1) is 14.6. The first-order valence-corrected chi connectivity index (χ1v) is 6.82. The van der Waals surface area contributed by atoms with Crippen molar-refractivity contribution in [2.75, 3.05) is 17.3 Å². The molecule has 0 spiro atoms. The Kier molecular flexibility index (Phi) is 4.81. The predicted molar refractivity (Wildman–Crippen MR) is 82.7 cm³/mol. The Bertz CT molecular complexity index is 637. The van der Waals surface area contributed by atoms with Gasteiger partial charge in [-0.15, -0.1) is 11.6 Å². The fourth-order valence-corrected chi connectivity index (χ4v) is 2.12. The Morgan fingerprint density at radius 2 is 1.95 bits per heavy atom.